The van der Waals surface area contributed by atoms with Crippen molar-refractivity contribution in [2.75, 3.05) is 5.73 Å². The third kappa shape index (κ3) is 2.90. The number of aryl methyl sites for hydroxylation is 1. The van der Waals surface area contributed by atoms with E-state index in [-0.39, 0.29) is 0 Å². The Balaban J connectivity index is 2.28. The van der Waals surface area contributed by atoms with Crippen LogP contribution < -0.4 is 10.5 Å². The number of rotatable bonds is 2. The fourth-order valence-electron chi connectivity index (χ4n) is 1.32. The Morgan fingerprint density at radius 1 is 1.35 bits per heavy atom. The zero-order valence-corrected chi connectivity index (χ0v) is 11.4. The molecule has 1 aromatic carbocycles. The second kappa shape index (κ2) is 4.94. The lowest BCUT2D eigenvalue weighted by atomic mass is 10.2. The van der Waals surface area contributed by atoms with E-state index in [0.29, 0.717) is 22.3 Å². The second-order valence-electron chi connectivity index (χ2n) is 3.56. The summed E-state index contributed by atoms with van der Waals surface area (Å²) in [5, 5.41) is 0.488. The third-order valence-corrected chi connectivity index (χ3v) is 3.29. The Bertz CT molecular complexity index is 560. The van der Waals surface area contributed by atoms with E-state index in [4.69, 9.17) is 22.1 Å². The number of halogens is 2. The molecule has 1 heterocycles. The summed E-state index contributed by atoms with van der Waals surface area (Å²) in [5.41, 5.74) is 7.25. The first kappa shape index (κ1) is 12.2. The highest BCUT2D eigenvalue weighted by atomic mass is 79.9. The summed E-state index contributed by atoms with van der Waals surface area (Å²) in [6.07, 6.45) is 1.50. The minimum absolute atomic E-state index is 0.358. The molecule has 0 aliphatic carbocycles. The molecule has 0 radical (unpaired) electrons. The number of nitrogen functional groups attached to an aromatic ring is 1. The van der Waals surface area contributed by atoms with Gasteiger partial charge in [-0.25, -0.2) is 4.98 Å². The van der Waals surface area contributed by atoms with Crippen LogP contribution in [-0.4, -0.2) is 4.98 Å². The molecule has 0 unspecified atom stereocenters. The van der Waals surface area contributed by atoms with Crippen molar-refractivity contribution >= 4 is 33.2 Å². The summed E-state index contributed by atoms with van der Waals surface area (Å²) in [7, 11) is 0. The van der Waals surface area contributed by atoms with Gasteiger partial charge < -0.3 is 10.5 Å². The lowest BCUT2D eigenvalue weighted by Crippen LogP contribution is -1.95. The monoisotopic (exact) mass is 312 g/mol. The molecule has 88 valence electrons. The molecule has 0 fully saturated rings. The van der Waals surface area contributed by atoms with Crippen molar-refractivity contribution in [2.45, 2.75) is 6.92 Å². The average Bonchev–Trinajstić information content (AvgIpc) is 2.27. The molecule has 0 saturated carbocycles. The molecule has 0 aliphatic rings. The van der Waals surface area contributed by atoms with Crippen molar-refractivity contribution in [1.82, 2.24) is 4.98 Å². The molecule has 2 rings (SSSR count). The Labute approximate surface area is 113 Å². The highest BCUT2D eigenvalue weighted by Crippen LogP contribution is 2.29. The van der Waals surface area contributed by atoms with Crippen molar-refractivity contribution in [2.24, 2.45) is 0 Å². The van der Waals surface area contributed by atoms with Crippen molar-refractivity contribution in [3.63, 3.8) is 0 Å². The third-order valence-electron chi connectivity index (χ3n) is 2.19. The molecule has 0 aliphatic heterocycles. The second-order valence-corrected chi connectivity index (χ2v) is 4.85. The molecule has 3 nitrogen and oxygen atoms in total. The molecule has 0 saturated heterocycles. The Kier molecular flexibility index (Phi) is 3.54. The van der Waals surface area contributed by atoms with Gasteiger partial charge in [0.05, 0.1) is 10.7 Å². The van der Waals surface area contributed by atoms with Crippen LogP contribution in [0.25, 0.3) is 0 Å². The summed E-state index contributed by atoms with van der Waals surface area (Å²) >= 11 is 9.19. The lowest BCUT2D eigenvalue weighted by Gasteiger charge is -2.08. The first-order valence-electron chi connectivity index (χ1n) is 4.91. The van der Waals surface area contributed by atoms with E-state index in [1.165, 1.54) is 6.20 Å². The molecule has 2 aromatic rings. The Morgan fingerprint density at radius 3 is 2.76 bits per heavy atom. The summed E-state index contributed by atoms with van der Waals surface area (Å²) in [4.78, 5) is 4.03. The summed E-state index contributed by atoms with van der Waals surface area (Å²) < 4.78 is 6.61. The number of nitrogens with two attached hydrogens (primary N) is 1. The minimum atomic E-state index is 0.358. The maximum atomic E-state index is 5.76. The standard InChI is InChI=1S/C12H10BrClN2O/c1-7-4-9(2-3-10(7)13)17-12-11(15)5-8(14)6-16-12/h2-6H,15H2,1H3. The van der Waals surface area contributed by atoms with Gasteiger partial charge in [0.2, 0.25) is 5.88 Å². The summed E-state index contributed by atoms with van der Waals surface area (Å²) in [5.74, 6) is 1.04. The molecule has 0 spiro atoms. The lowest BCUT2D eigenvalue weighted by molar-refractivity contribution is 0.465. The van der Waals surface area contributed by atoms with Crippen LogP contribution in [0.5, 0.6) is 11.6 Å². The van der Waals surface area contributed by atoms with Gasteiger partial charge in [-0.05, 0) is 36.8 Å². The van der Waals surface area contributed by atoms with Gasteiger partial charge in [0, 0.05) is 10.7 Å². The van der Waals surface area contributed by atoms with Crippen molar-refractivity contribution in [1.29, 1.82) is 0 Å². The summed E-state index contributed by atoms with van der Waals surface area (Å²) in [6.45, 7) is 1.98. The topological polar surface area (TPSA) is 48.1 Å². The van der Waals surface area contributed by atoms with E-state index in [1.807, 2.05) is 25.1 Å². The predicted molar refractivity (Wildman–Crippen MR) is 72.6 cm³/mol. The van der Waals surface area contributed by atoms with Gasteiger partial charge in [-0.1, -0.05) is 27.5 Å². The molecule has 0 atom stereocenters. The van der Waals surface area contributed by atoms with E-state index in [2.05, 4.69) is 20.9 Å². The van der Waals surface area contributed by atoms with Crippen LogP contribution in [0.3, 0.4) is 0 Å². The van der Waals surface area contributed by atoms with Crippen LogP contribution in [0.15, 0.2) is 34.9 Å². The predicted octanol–water partition coefficient (Wildman–Crippen LogP) is 4.18. The van der Waals surface area contributed by atoms with E-state index in [0.717, 1.165) is 10.0 Å². The number of hydrogen-bond donors (Lipinski definition) is 1. The van der Waals surface area contributed by atoms with E-state index in [9.17, 15) is 0 Å². The molecule has 5 heteroatoms. The van der Waals surface area contributed by atoms with E-state index in [1.54, 1.807) is 6.07 Å². The fourth-order valence-corrected chi connectivity index (χ4v) is 1.73. The number of ether oxygens (including phenoxy) is 1. The van der Waals surface area contributed by atoms with Crippen molar-refractivity contribution in [3.05, 3.63) is 45.5 Å². The van der Waals surface area contributed by atoms with Crippen molar-refractivity contribution in [3.8, 4) is 11.6 Å². The van der Waals surface area contributed by atoms with Crippen LogP contribution in [0.2, 0.25) is 5.02 Å². The zero-order chi connectivity index (χ0) is 12.4. The van der Waals surface area contributed by atoms with Gasteiger partial charge in [-0.3, -0.25) is 0 Å². The van der Waals surface area contributed by atoms with Crippen LogP contribution in [-0.2, 0) is 0 Å². The zero-order valence-electron chi connectivity index (χ0n) is 9.08. The normalized spacial score (nSPS) is 10.3. The minimum Gasteiger partial charge on any atom is -0.437 e. The molecular weight excluding hydrogens is 304 g/mol. The summed E-state index contributed by atoms with van der Waals surface area (Å²) in [6, 6.07) is 7.26. The molecule has 0 bridgehead atoms. The number of benzene rings is 1. The number of nitrogens with zero attached hydrogens (tertiary/aromatic N) is 1. The number of hydrogen-bond acceptors (Lipinski definition) is 3. The van der Waals surface area contributed by atoms with Gasteiger partial charge in [0.1, 0.15) is 5.75 Å². The number of anilines is 1. The Morgan fingerprint density at radius 2 is 2.12 bits per heavy atom. The Hall–Kier alpha value is -1.26. The average molecular weight is 314 g/mol. The van der Waals surface area contributed by atoms with Gasteiger partial charge in [0.15, 0.2) is 0 Å². The highest BCUT2D eigenvalue weighted by molar-refractivity contribution is 9.10. The maximum Gasteiger partial charge on any atom is 0.242 e. The first-order chi connectivity index (χ1) is 8.06. The van der Waals surface area contributed by atoms with E-state index < -0.39 is 0 Å². The largest absolute Gasteiger partial charge is 0.437 e. The van der Waals surface area contributed by atoms with Gasteiger partial charge >= 0.3 is 0 Å². The quantitative estimate of drug-likeness (QED) is 0.904. The molecule has 1 aromatic heterocycles. The number of pyridine rings is 1. The van der Waals surface area contributed by atoms with Crippen LogP contribution >= 0.6 is 27.5 Å². The van der Waals surface area contributed by atoms with Gasteiger partial charge in [0.25, 0.3) is 0 Å². The van der Waals surface area contributed by atoms with Gasteiger partial charge in [-0.15, -0.1) is 0 Å². The molecule has 17 heavy (non-hydrogen) atoms. The fraction of sp³-hybridized carbons (Fsp3) is 0.0833. The van der Waals surface area contributed by atoms with Crippen LogP contribution in [0.4, 0.5) is 5.69 Å². The van der Waals surface area contributed by atoms with Crippen molar-refractivity contribution < 1.29 is 4.74 Å². The van der Waals surface area contributed by atoms with Crippen LogP contribution in [0, 0.1) is 6.92 Å². The SMILES string of the molecule is Cc1cc(Oc2ncc(Cl)cc2N)ccc1Br. The van der Waals surface area contributed by atoms with Crippen LogP contribution in [0.1, 0.15) is 5.56 Å². The maximum absolute atomic E-state index is 5.76. The van der Waals surface area contributed by atoms with E-state index >= 15 is 0 Å². The smallest absolute Gasteiger partial charge is 0.242 e. The van der Waals surface area contributed by atoms with Gasteiger partial charge in [-0.2, -0.15) is 0 Å². The molecular formula is C12H10BrClN2O. The number of aromatic nitrogens is 1. The first-order valence-corrected chi connectivity index (χ1v) is 6.08. The highest BCUT2D eigenvalue weighted by Gasteiger charge is 2.05. The molecule has 2 N–H and O–H groups in total. The molecule has 0 amide bonds.